The monoisotopic (exact) mass is 361 g/mol. The molecule has 0 saturated heterocycles. The first-order valence-corrected chi connectivity index (χ1v) is 9.38. The van der Waals surface area contributed by atoms with E-state index in [2.05, 4.69) is 18.1 Å². The van der Waals surface area contributed by atoms with Crippen LogP contribution in [-0.4, -0.2) is 22.2 Å². The second-order valence-corrected chi connectivity index (χ2v) is 6.58. The third-order valence-corrected chi connectivity index (χ3v) is 5.01. The van der Waals surface area contributed by atoms with Crippen LogP contribution in [0.25, 0.3) is 11.3 Å². The molecule has 27 heavy (non-hydrogen) atoms. The highest BCUT2D eigenvalue weighted by molar-refractivity contribution is 5.94. The molecule has 0 saturated carbocycles. The first-order valence-electron chi connectivity index (χ1n) is 9.38. The smallest absolute Gasteiger partial charge is 0.248 e. The number of carbonyl (C=O) groups excluding carboxylic acids is 1. The molecule has 5 heteroatoms. The summed E-state index contributed by atoms with van der Waals surface area (Å²) in [7, 11) is 0. The number of aromatic nitrogens is 2. The number of hydrogen-bond acceptors (Lipinski definition) is 3. The van der Waals surface area contributed by atoms with Crippen molar-refractivity contribution in [3.8, 4) is 17.0 Å². The zero-order valence-corrected chi connectivity index (χ0v) is 15.7. The molecule has 0 atom stereocenters. The number of hydrogen-bond donors (Lipinski definition) is 0. The van der Waals surface area contributed by atoms with Gasteiger partial charge in [-0.15, -0.1) is 0 Å². The first-order chi connectivity index (χ1) is 13.2. The summed E-state index contributed by atoms with van der Waals surface area (Å²) < 4.78 is 7.59. The molecular weight excluding hydrogens is 338 g/mol. The van der Waals surface area contributed by atoms with Crippen molar-refractivity contribution in [2.45, 2.75) is 33.4 Å². The van der Waals surface area contributed by atoms with E-state index in [9.17, 15) is 4.79 Å². The first kappa shape index (κ1) is 17.3. The van der Waals surface area contributed by atoms with E-state index in [0.717, 1.165) is 34.7 Å². The Kier molecular flexibility index (Phi) is 4.67. The van der Waals surface area contributed by atoms with E-state index in [4.69, 9.17) is 4.74 Å². The summed E-state index contributed by atoms with van der Waals surface area (Å²) in [5.74, 6) is 0.871. The van der Waals surface area contributed by atoms with Gasteiger partial charge in [-0.05, 0) is 37.1 Å². The second-order valence-electron chi connectivity index (χ2n) is 6.58. The molecule has 0 radical (unpaired) electrons. The summed E-state index contributed by atoms with van der Waals surface area (Å²) in [6.07, 6.45) is 2.69. The molecule has 0 fully saturated rings. The Labute approximate surface area is 159 Å². The van der Waals surface area contributed by atoms with Gasteiger partial charge in [0.25, 0.3) is 0 Å². The van der Waals surface area contributed by atoms with Crippen molar-refractivity contribution < 1.29 is 9.53 Å². The summed E-state index contributed by atoms with van der Waals surface area (Å²) in [6, 6.07) is 16.0. The molecule has 5 nitrogen and oxygen atoms in total. The van der Waals surface area contributed by atoms with Crippen molar-refractivity contribution in [2.75, 3.05) is 11.4 Å². The number of para-hydroxylation sites is 2. The normalized spacial score (nSPS) is 12.1. The topological polar surface area (TPSA) is 47.4 Å². The van der Waals surface area contributed by atoms with Crippen LogP contribution in [0.2, 0.25) is 0 Å². The van der Waals surface area contributed by atoms with Crippen LogP contribution < -0.4 is 9.64 Å². The Balaban J connectivity index is 1.66. The lowest BCUT2D eigenvalue weighted by Crippen LogP contribution is -2.34. The number of carbonyl (C=O) groups is 1. The molecule has 1 aromatic heterocycles. The van der Waals surface area contributed by atoms with Gasteiger partial charge in [0, 0.05) is 23.4 Å². The molecule has 0 aliphatic carbocycles. The highest BCUT2D eigenvalue weighted by atomic mass is 16.5. The van der Waals surface area contributed by atoms with E-state index in [0.29, 0.717) is 13.2 Å². The zero-order chi connectivity index (χ0) is 18.8. The maximum Gasteiger partial charge on any atom is 0.248 e. The Bertz CT molecular complexity index is 977. The lowest BCUT2D eigenvalue weighted by molar-refractivity contribution is -0.119. The molecule has 138 valence electrons. The molecule has 3 aromatic rings. The predicted octanol–water partition coefficient (Wildman–Crippen LogP) is 4.06. The van der Waals surface area contributed by atoms with Crippen molar-refractivity contribution in [3.05, 3.63) is 65.9 Å². The maximum atomic E-state index is 13.1. The van der Waals surface area contributed by atoms with Gasteiger partial charge in [0.15, 0.2) is 0 Å². The molecule has 0 spiro atoms. The van der Waals surface area contributed by atoms with Gasteiger partial charge in [0.05, 0.1) is 11.9 Å². The van der Waals surface area contributed by atoms with Crippen LogP contribution in [0.15, 0.2) is 54.7 Å². The van der Waals surface area contributed by atoms with Gasteiger partial charge in [-0.2, -0.15) is 5.10 Å². The number of aryl methyl sites for hydroxylation is 1. The average Bonchev–Trinajstić information content (AvgIpc) is 3.12. The van der Waals surface area contributed by atoms with E-state index >= 15 is 0 Å². The van der Waals surface area contributed by atoms with Gasteiger partial charge >= 0.3 is 0 Å². The SMILES string of the molecule is CCc1ccccc1N(CC)C(=O)Cn1ncc2c1-c1ccccc1OC2. The quantitative estimate of drug-likeness (QED) is 0.689. The van der Waals surface area contributed by atoms with E-state index < -0.39 is 0 Å². The Morgan fingerprint density at radius 2 is 1.93 bits per heavy atom. The maximum absolute atomic E-state index is 13.1. The summed E-state index contributed by atoms with van der Waals surface area (Å²) in [5, 5.41) is 4.48. The number of amides is 1. The highest BCUT2D eigenvalue weighted by Gasteiger charge is 2.24. The fourth-order valence-corrected chi connectivity index (χ4v) is 3.67. The average molecular weight is 361 g/mol. The summed E-state index contributed by atoms with van der Waals surface area (Å²) in [6.45, 7) is 5.43. The molecule has 1 amide bonds. The molecular formula is C22H23N3O2. The van der Waals surface area contributed by atoms with Crippen LogP contribution in [0.1, 0.15) is 25.0 Å². The predicted molar refractivity (Wildman–Crippen MR) is 106 cm³/mol. The van der Waals surface area contributed by atoms with Gasteiger partial charge in [-0.1, -0.05) is 37.3 Å². The van der Waals surface area contributed by atoms with E-state index in [-0.39, 0.29) is 12.5 Å². The third kappa shape index (κ3) is 3.10. The van der Waals surface area contributed by atoms with Crippen molar-refractivity contribution in [2.24, 2.45) is 0 Å². The van der Waals surface area contributed by atoms with Gasteiger partial charge in [-0.3, -0.25) is 9.48 Å². The summed E-state index contributed by atoms with van der Waals surface area (Å²) >= 11 is 0. The molecule has 1 aliphatic rings. The van der Waals surface area contributed by atoms with Crippen LogP contribution >= 0.6 is 0 Å². The number of anilines is 1. The van der Waals surface area contributed by atoms with Crippen LogP contribution in [0.3, 0.4) is 0 Å². The van der Waals surface area contributed by atoms with Gasteiger partial charge < -0.3 is 9.64 Å². The molecule has 4 rings (SSSR count). The number of rotatable bonds is 5. The van der Waals surface area contributed by atoms with Gasteiger partial charge in [-0.25, -0.2) is 0 Å². The molecule has 2 heterocycles. The van der Waals surface area contributed by atoms with E-state index in [1.54, 1.807) is 10.9 Å². The fourth-order valence-electron chi connectivity index (χ4n) is 3.67. The number of nitrogens with zero attached hydrogens (tertiary/aromatic N) is 3. The third-order valence-electron chi connectivity index (χ3n) is 5.01. The number of likely N-dealkylation sites (N-methyl/N-ethyl adjacent to an activating group) is 1. The van der Waals surface area contributed by atoms with Gasteiger partial charge in [0.1, 0.15) is 18.9 Å². The number of benzene rings is 2. The van der Waals surface area contributed by atoms with Crippen molar-refractivity contribution in [1.29, 1.82) is 0 Å². The summed E-state index contributed by atoms with van der Waals surface area (Å²) in [4.78, 5) is 15.0. The van der Waals surface area contributed by atoms with Crippen LogP contribution in [0.5, 0.6) is 5.75 Å². The Hall–Kier alpha value is -3.08. The van der Waals surface area contributed by atoms with Crippen molar-refractivity contribution >= 4 is 11.6 Å². The molecule has 2 aromatic carbocycles. The molecule has 0 unspecified atom stereocenters. The van der Waals surface area contributed by atoms with Crippen LogP contribution in [0.4, 0.5) is 5.69 Å². The van der Waals surface area contributed by atoms with Crippen LogP contribution in [-0.2, 0) is 24.4 Å². The number of ether oxygens (including phenoxy) is 1. The van der Waals surface area contributed by atoms with E-state index in [1.165, 1.54) is 5.56 Å². The van der Waals surface area contributed by atoms with Gasteiger partial charge in [0.2, 0.25) is 5.91 Å². The molecule has 1 aliphatic heterocycles. The van der Waals surface area contributed by atoms with E-state index in [1.807, 2.05) is 54.3 Å². The minimum atomic E-state index is 0.0354. The Morgan fingerprint density at radius 1 is 1.15 bits per heavy atom. The lowest BCUT2D eigenvalue weighted by Gasteiger charge is -2.25. The lowest BCUT2D eigenvalue weighted by atomic mass is 10.0. The largest absolute Gasteiger partial charge is 0.488 e. The van der Waals surface area contributed by atoms with Crippen LogP contribution in [0, 0.1) is 0 Å². The second kappa shape index (κ2) is 7.27. The van der Waals surface area contributed by atoms with Crippen molar-refractivity contribution in [3.63, 3.8) is 0 Å². The highest BCUT2D eigenvalue weighted by Crippen LogP contribution is 2.37. The molecule has 0 bridgehead atoms. The van der Waals surface area contributed by atoms with Crippen molar-refractivity contribution in [1.82, 2.24) is 9.78 Å². The minimum absolute atomic E-state index is 0.0354. The standard InChI is InChI=1S/C22H23N3O2/c1-3-16-9-5-7-11-19(16)24(4-2)21(26)14-25-22-17(13-23-25)15-27-20-12-8-6-10-18(20)22/h5-13H,3-4,14-15H2,1-2H3. The Morgan fingerprint density at radius 3 is 2.74 bits per heavy atom. The minimum Gasteiger partial charge on any atom is -0.488 e. The number of fused-ring (bicyclic) bond motifs is 3. The fraction of sp³-hybridized carbons (Fsp3) is 0.273. The zero-order valence-electron chi connectivity index (χ0n) is 15.7. The molecule has 0 N–H and O–H groups in total. The summed E-state index contributed by atoms with van der Waals surface area (Å²) in [5.41, 5.74) is 5.13.